The third-order valence-corrected chi connectivity index (χ3v) is 4.82. The van der Waals surface area contributed by atoms with Crippen LogP contribution in [0.4, 0.5) is 5.69 Å². The number of anilines is 1. The Morgan fingerprint density at radius 3 is 2.57 bits per heavy atom. The fourth-order valence-corrected chi connectivity index (χ4v) is 3.09. The van der Waals surface area contributed by atoms with E-state index in [-0.39, 0.29) is 11.0 Å². The van der Waals surface area contributed by atoms with Gasteiger partial charge in [0.2, 0.25) is 10.0 Å². The van der Waals surface area contributed by atoms with Crippen LogP contribution in [0.5, 0.6) is 0 Å². The molecule has 0 aromatic heterocycles. The third-order valence-electron chi connectivity index (χ3n) is 2.98. The zero-order valence-electron chi connectivity index (χ0n) is 12.6. The Balaban J connectivity index is 2.54. The second-order valence-corrected chi connectivity index (χ2v) is 7.32. The van der Waals surface area contributed by atoms with Gasteiger partial charge in [-0.05, 0) is 51.3 Å². The lowest BCUT2D eigenvalue weighted by atomic mass is 10.2. The minimum Gasteiger partial charge on any atom is -0.398 e. The average Bonchev–Trinajstić information content (AvgIpc) is 2.39. The van der Waals surface area contributed by atoms with E-state index in [2.05, 4.69) is 4.72 Å². The molecule has 0 aliphatic rings. The van der Waals surface area contributed by atoms with Gasteiger partial charge in [-0.15, -0.1) is 0 Å². The number of hydrogen-bond donors (Lipinski definition) is 2. The molecule has 0 saturated carbocycles. The molecule has 0 bridgehead atoms. The summed E-state index contributed by atoms with van der Waals surface area (Å²) >= 11 is 5.97. The van der Waals surface area contributed by atoms with Gasteiger partial charge in [0.25, 0.3) is 0 Å². The zero-order valence-corrected chi connectivity index (χ0v) is 14.2. The summed E-state index contributed by atoms with van der Waals surface area (Å²) in [7, 11) is -3.58. The van der Waals surface area contributed by atoms with E-state index >= 15 is 0 Å². The van der Waals surface area contributed by atoms with Crippen LogP contribution in [0.3, 0.4) is 0 Å². The number of ether oxygens (including phenoxy) is 1. The maximum Gasteiger partial charge on any atom is 0.240 e. The Kier molecular flexibility index (Phi) is 6.93. The molecule has 0 fully saturated rings. The van der Waals surface area contributed by atoms with Crippen molar-refractivity contribution < 1.29 is 13.2 Å². The summed E-state index contributed by atoms with van der Waals surface area (Å²) in [6.07, 6.45) is 1.71. The summed E-state index contributed by atoms with van der Waals surface area (Å²) < 4.78 is 32.2. The highest BCUT2D eigenvalue weighted by Crippen LogP contribution is 2.25. The van der Waals surface area contributed by atoms with Gasteiger partial charge in [0, 0.05) is 23.9 Å². The average molecular weight is 335 g/mol. The molecule has 7 heteroatoms. The number of nitrogens with two attached hydrogens (primary N) is 1. The van der Waals surface area contributed by atoms with Gasteiger partial charge in [-0.3, -0.25) is 0 Å². The van der Waals surface area contributed by atoms with Crippen LogP contribution >= 0.6 is 11.6 Å². The Bertz CT molecular complexity index is 551. The monoisotopic (exact) mass is 334 g/mol. The summed E-state index contributed by atoms with van der Waals surface area (Å²) in [6.45, 7) is 6.66. The summed E-state index contributed by atoms with van der Waals surface area (Å²) in [5, 5.41) is 0.348. The molecule has 5 nitrogen and oxygen atoms in total. The van der Waals surface area contributed by atoms with Crippen LogP contribution in [0.2, 0.25) is 5.02 Å². The number of unbranched alkanes of at least 4 members (excludes halogenated alkanes) is 1. The lowest BCUT2D eigenvalue weighted by Gasteiger charge is -2.10. The molecule has 1 aromatic rings. The standard InChI is InChI=1S/C14H23ClN2O3S/c1-10(2)20-7-5-4-6-17-21(18,19)12-8-13(15)11(3)14(16)9-12/h8-10,17H,4-7,16H2,1-3H3. The summed E-state index contributed by atoms with van der Waals surface area (Å²) in [6, 6.07) is 2.84. The van der Waals surface area contributed by atoms with E-state index in [1.807, 2.05) is 13.8 Å². The maximum atomic E-state index is 12.1. The Morgan fingerprint density at radius 2 is 2.00 bits per heavy atom. The largest absolute Gasteiger partial charge is 0.398 e. The molecular weight excluding hydrogens is 312 g/mol. The molecule has 0 saturated heterocycles. The second kappa shape index (κ2) is 7.98. The van der Waals surface area contributed by atoms with Crippen molar-refractivity contribution >= 4 is 27.3 Å². The van der Waals surface area contributed by atoms with Gasteiger partial charge in [-0.1, -0.05) is 11.6 Å². The Hall–Kier alpha value is -0.820. The molecule has 0 radical (unpaired) electrons. The number of hydrogen-bond acceptors (Lipinski definition) is 4. The van der Waals surface area contributed by atoms with E-state index in [4.69, 9.17) is 22.1 Å². The Labute approximate surface area is 131 Å². The molecule has 0 unspecified atom stereocenters. The van der Waals surface area contributed by atoms with Gasteiger partial charge in [-0.25, -0.2) is 13.1 Å². The van der Waals surface area contributed by atoms with Gasteiger partial charge in [0.15, 0.2) is 0 Å². The first-order valence-electron chi connectivity index (χ1n) is 6.91. The fraction of sp³-hybridized carbons (Fsp3) is 0.571. The van der Waals surface area contributed by atoms with Gasteiger partial charge in [-0.2, -0.15) is 0 Å². The highest BCUT2D eigenvalue weighted by molar-refractivity contribution is 7.89. The predicted octanol–water partition coefficient (Wildman–Crippen LogP) is 2.71. The van der Waals surface area contributed by atoms with Gasteiger partial charge >= 0.3 is 0 Å². The summed E-state index contributed by atoms with van der Waals surface area (Å²) in [4.78, 5) is 0.0917. The first-order valence-corrected chi connectivity index (χ1v) is 8.77. The molecule has 0 amide bonds. The van der Waals surface area contributed by atoms with Crippen LogP contribution < -0.4 is 10.5 Å². The molecule has 0 spiro atoms. The smallest absolute Gasteiger partial charge is 0.240 e. The molecule has 1 aromatic carbocycles. The van der Waals surface area contributed by atoms with Crippen molar-refractivity contribution in [2.45, 2.75) is 44.6 Å². The topological polar surface area (TPSA) is 81.4 Å². The SMILES string of the molecule is Cc1c(N)cc(S(=O)(=O)NCCCCOC(C)C)cc1Cl. The van der Waals surface area contributed by atoms with Crippen LogP contribution in [0.1, 0.15) is 32.3 Å². The number of benzene rings is 1. The molecule has 3 N–H and O–H groups in total. The number of nitrogen functional groups attached to an aromatic ring is 1. The van der Waals surface area contributed by atoms with Crippen molar-refractivity contribution in [2.24, 2.45) is 0 Å². The molecule has 0 aliphatic carbocycles. The molecule has 0 aliphatic heterocycles. The molecule has 21 heavy (non-hydrogen) atoms. The van der Waals surface area contributed by atoms with Crippen molar-refractivity contribution in [3.05, 3.63) is 22.7 Å². The van der Waals surface area contributed by atoms with Crippen molar-refractivity contribution in [3.63, 3.8) is 0 Å². The maximum absolute atomic E-state index is 12.1. The second-order valence-electron chi connectivity index (χ2n) is 5.14. The van der Waals surface area contributed by atoms with E-state index in [0.717, 1.165) is 6.42 Å². The lowest BCUT2D eigenvalue weighted by Crippen LogP contribution is -2.25. The third kappa shape index (κ3) is 5.82. The predicted molar refractivity (Wildman–Crippen MR) is 86.1 cm³/mol. The van der Waals surface area contributed by atoms with E-state index in [9.17, 15) is 8.42 Å². The normalized spacial score (nSPS) is 12.0. The minimum absolute atomic E-state index is 0.0917. The van der Waals surface area contributed by atoms with E-state index in [1.54, 1.807) is 6.92 Å². The summed E-state index contributed by atoms with van der Waals surface area (Å²) in [5.74, 6) is 0. The van der Waals surface area contributed by atoms with Crippen molar-refractivity contribution in [2.75, 3.05) is 18.9 Å². The van der Waals surface area contributed by atoms with Crippen LogP contribution in [0.25, 0.3) is 0 Å². The number of nitrogens with one attached hydrogen (secondary N) is 1. The number of halogens is 1. The van der Waals surface area contributed by atoms with E-state index in [1.165, 1.54) is 12.1 Å². The number of rotatable bonds is 8. The first-order chi connectivity index (χ1) is 9.74. The highest BCUT2D eigenvalue weighted by atomic mass is 35.5. The first kappa shape index (κ1) is 18.2. The Morgan fingerprint density at radius 1 is 1.33 bits per heavy atom. The van der Waals surface area contributed by atoms with Crippen molar-refractivity contribution in [3.8, 4) is 0 Å². The highest BCUT2D eigenvalue weighted by Gasteiger charge is 2.16. The quantitative estimate of drug-likeness (QED) is 0.565. The van der Waals surface area contributed by atoms with Crippen LogP contribution in [0, 0.1) is 6.92 Å². The lowest BCUT2D eigenvalue weighted by molar-refractivity contribution is 0.0762. The molecular formula is C14H23ClN2O3S. The minimum atomic E-state index is -3.58. The van der Waals surface area contributed by atoms with Crippen LogP contribution in [-0.2, 0) is 14.8 Å². The van der Waals surface area contributed by atoms with Crippen molar-refractivity contribution in [1.29, 1.82) is 0 Å². The fourth-order valence-electron chi connectivity index (χ4n) is 1.67. The molecule has 1 rings (SSSR count). The molecule has 120 valence electrons. The van der Waals surface area contributed by atoms with Crippen LogP contribution in [0.15, 0.2) is 17.0 Å². The summed E-state index contributed by atoms with van der Waals surface area (Å²) in [5.41, 5.74) is 6.80. The van der Waals surface area contributed by atoms with Gasteiger partial charge in [0.05, 0.1) is 11.0 Å². The molecule has 0 heterocycles. The van der Waals surface area contributed by atoms with E-state index in [0.29, 0.717) is 35.8 Å². The van der Waals surface area contributed by atoms with Gasteiger partial charge < -0.3 is 10.5 Å². The van der Waals surface area contributed by atoms with E-state index < -0.39 is 10.0 Å². The molecule has 0 atom stereocenters. The van der Waals surface area contributed by atoms with Crippen LogP contribution in [-0.4, -0.2) is 27.7 Å². The zero-order chi connectivity index (χ0) is 16.0. The van der Waals surface area contributed by atoms with Crippen molar-refractivity contribution in [1.82, 2.24) is 4.72 Å². The number of sulfonamides is 1. The van der Waals surface area contributed by atoms with Gasteiger partial charge in [0.1, 0.15) is 0 Å².